The van der Waals surface area contributed by atoms with Crippen LogP contribution in [0.2, 0.25) is 0 Å². The molecule has 0 aliphatic rings. The number of thiophene rings is 1. The van der Waals surface area contributed by atoms with Crippen molar-refractivity contribution in [2.45, 2.75) is 6.92 Å². The maximum Gasteiger partial charge on any atom is 0.269 e. The second kappa shape index (κ2) is 5.96. The van der Waals surface area contributed by atoms with Crippen LogP contribution in [0.1, 0.15) is 15.2 Å². The lowest BCUT2D eigenvalue weighted by atomic mass is 10.2. The van der Waals surface area contributed by atoms with Crippen molar-refractivity contribution in [1.82, 2.24) is 0 Å². The molecule has 0 unspecified atom stereocenters. The quantitative estimate of drug-likeness (QED) is 0.751. The van der Waals surface area contributed by atoms with E-state index in [9.17, 15) is 13.6 Å². The molecule has 0 atom stereocenters. The van der Waals surface area contributed by atoms with E-state index in [1.807, 2.05) is 0 Å². The summed E-state index contributed by atoms with van der Waals surface area (Å²) in [5.41, 5.74) is 0.849. The molecule has 118 valence electrons. The average Bonchev–Trinajstić information content (AvgIpc) is 2.88. The van der Waals surface area contributed by atoms with Crippen LogP contribution in [0.3, 0.4) is 0 Å². The minimum absolute atomic E-state index is 0.314. The van der Waals surface area contributed by atoms with Gasteiger partial charge in [0, 0.05) is 15.8 Å². The maximum absolute atomic E-state index is 13.6. The van der Waals surface area contributed by atoms with Gasteiger partial charge in [0.1, 0.15) is 22.3 Å². The van der Waals surface area contributed by atoms with E-state index in [1.165, 1.54) is 36.6 Å². The van der Waals surface area contributed by atoms with Gasteiger partial charge in [-0.1, -0.05) is 6.07 Å². The number of ether oxygens (including phenoxy) is 1. The first-order chi connectivity index (χ1) is 11.0. The fraction of sp³-hybridized carbons (Fsp3) is 0.118. The molecule has 1 aromatic heterocycles. The Kier molecular flexibility index (Phi) is 4.00. The van der Waals surface area contributed by atoms with Crippen LogP contribution in [-0.2, 0) is 0 Å². The van der Waals surface area contributed by atoms with Crippen LogP contribution < -0.4 is 10.1 Å². The summed E-state index contributed by atoms with van der Waals surface area (Å²) in [6, 6.07) is 8.72. The van der Waals surface area contributed by atoms with Crippen LogP contribution in [0.25, 0.3) is 10.1 Å². The molecule has 6 heteroatoms. The Morgan fingerprint density at radius 3 is 2.65 bits per heavy atom. The second-order valence-electron chi connectivity index (χ2n) is 5.02. The number of carbonyl (C=O) groups excluding carboxylic acids is 1. The first kappa shape index (κ1) is 15.4. The van der Waals surface area contributed by atoms with E-state index < -0.39 is 17.5 Å². The first-order valence-electron chi connectivity index (χ1n) is 6.83. The highest BCUT2D eigenvalue weighted by atomic mass is 32.1. The van der Waals surface area contributed by atoms with E-state index >= 15 is 0 Å². The SMILES string of the molecule is COc1c(C(=O)Nc2ccc(C)c(F)c2)sc2ccc(F)cc12. The number of anilines is 1. The van der Waals surface area contributed by atoms with Gasteiger partial charge >= 0.3 is 0 Å². The molecule has 0 saturated heterocycles. The highest BCUT2D eigenvalue weighted by Gasteiger charge is 2.20. The largest absolute Gasteiger partial charge is 0.494 e. The lowest BCUT2D eigenvalue weighted by Crippen LogP contribution is -2.11. The van der Waals surface area contributed by atoms with Crippen LogP contribution >= 0.6 is 11.3 Å². The minimum Gasteiger partial charge on any atom is -0.494 e. The van der Waals surface area contributed by atoms with Crippen molar-refractivity contribution < 1.29 is 18.3 Å². The Labute approximate surface area is 135 Å². The standard InChI is InChI=1S/C17H13F2NO2S/c1-9-3-5-11(8-13(9)19)20-17(21)16-15(22-2)12-7-10(18)4-6-14(12)23-16/h3-8H,1-2H3,(H,20,21). The number of hydrogen-bond donors (Lipinski definition) is 1. The molecule has 3 aromatic rings. The molecule has 2 aromatic carbocycles. The van der Waals surface area contributed by atoms with E-state index in [0.717, 1.165) is 4.70 Å². The molecule has 0 aliphatic carbocycles. The third-order valence-electron chi connectivity index (χ3n) is 3.44. The highest BCUT2D eigenvalue weighted by Crippen LogP contribution is 2.38. The molecule has 3 nitrogen and oxygen atoms in total. The van der Waals surface area contributed by atoms with Gasteiger partial charge < -0.3 is 10.1 Å². The molecule has 0 saturated carbocycles. The summed E-state index contributed by atoms with van der Waals surface area (Å²) in [7, 11) is 1.43. The molecular weight excluding hydrogens is 320 g/mol. The molecule has 23 heavy (non-hydrogen) atoms. The molecule has 0 radical (unpaired) electrons. The predicted octanol–water partition coefficient (Wildman–Crippen LogP) is 4.75. The third-order valence-corrected chi connectivity index (χ3v) is 4.60. The second-order valence-corrected chi connectivity index (χ2v) is 6.08. The Morgan fingerprint density at radius 2 is 1.96 bits per heavy atom. The number of aryl methyl sites for hydroxylation is 1. The van der Waals surface area contributed by atoms with Crippen molar-refractivity contribution in [3.05, 3.63) is 58.5 Å². The Morgan fingerprint density at radius 1 is 1.17 bits per heavy atom. The lowest BCUT2D eigenvalue weighted by Gasteiger charge is -2.07. The zero-order valence-corrected chi connectivity index (χ0v) is 13.3. The highest BCUT2D eigenvalue weighted by molar-refractivity contribution is 7.21. The van der Waals surface area contributed by atoms with Crippen molar-refractivity contribution in [2.75, 3.05) is 12.4 Å². The van der Waals surface area contributed by atoms with E-state index in [1.54, 1.807) is 25.1 Å². The van der Waals surface area contributed by atoms with Gasteiger partial charge in [0.25, 0.3) is 5.91 Å². The number of nitrogens with one attached hydrogen (secondary N) is 1. The van der Waals surface area contributed by atoms with Gasteiger partial charge in [-0.15, -0.1) is 11.3 Å². The molecule has 1 heterocycles. The van der Waals surface area contributed by atoms with Crippen molar-refractivity contribution in [3.63, 3.8) is 0 Å². The first-order valence-corrected chi connectivity index (χ1v) is 7.65. The van der Waals surface area contributed by atoms with Gasteiger partial charge in [0.05, 0.1) is 7.11 Å². The van der Waals surface area contributed by atoms with Crippen LogP contribution in [0.5, 0.6) is 5.75 Å². The average molecular weight is 333 g/mol. The zero-order chi connectivity index (χ0) is 16.6. The number of hydrogen-bond acceptors (Lipinski definition) is 3. The number of rotatable bonds is 3. The van der Waals surface area contributed by atoms with Crippen LogP contribution in [-0.4, -0.2) is 13.0 Å². The third kappa shape index (κ3) is 2.90. The molecule has 3 rings (SSSR count). The van der Waals surface area contributed by atoms with Gasteiger partial charge in [-0.2, -0.15) is 0 Å². The Bertz CT molecular complexity index is 905. The van der Waals surface area contributed by atoms with Crippen LogP contribution in [0.4, 0.5) is 14.5 Å². The Balaban J connectivity index is 1.98. The van der Waals surface area contributed by atoms with Crippen molar-refractivity contribution in [3.8, 4) is 5.75 Å². The molecule has 0 bridgehead atoms. The lowest BCUT2D eigenvalue weighted by molar-refractivity contribution is 0.102. The van der Waals surface area contributed by atoms with Crippen molar-refractivity contribution in [2.24, 2.45) is 0 Å². The Hall–Kier alpha value is -2.47. The van der Waals surface area contributed by atoms with Crippen molar-refractivity contribution >= 4 is 33.0 Å². The minimum atomic E-state index is -0.424. The molecule has 0 spiro atoms. The number of carbonyl (C=O) groups is 1. The monoisotopic (exact) mass is 333 g/mol. The fourth-order valence-electron chi connectivity index (χ4n) is 2.26. The summed E-state index contributed by atoms with van der Waals surface area (Å²) in [6.07, 6.45) is 0. The molecule has 0 aliphatic heterocycles. The van der Waals surface area contributed by atoms with Gasteiger partial charge in [0.2, 0.25) is 0 Å². The van der Waals surface area contributed by atoms with Gasteiger partial charge in [-0.05, 0) is 42.8 Å². The van der Waals surface area contributed by atoms with Gasteiger partial charge in [-0.3, -0.25) is 4.79 Å². The summed E-state index contributed by atoms with van der Waals surface area (Å²) >= 11 is 1.19. The summed E-state index contributed by atoms with van der Waals surface area (Å²) in [5.74, 6) is -0.907. The van der Waals surface area contributed by atoms with Gasteiger partial charge in [0.15, 0.2) is 0 Å². The number of amides is 1. The van der Waals surface area contributed by atoms with E-state index in [-0.39, 0.29) is 0 Å². The van der Waals surface area contributed by atoms with Gasteiger partial charge in [-0.25, -0.2) is 8.78 Å². The number of benzene rings is 2. The van der Waals surface area contributed by atoms with Crippen molar-refractivity contribution in [1.29, 1.82) is 0 Å². The van der Waals surface area contributed by atoms with Crippen LogP contribution in [0.15, 0.2) is 36.4 Å². The predicted molar refractivity (Wildman–Crippen MR) is 87.4 cm³/mol. The summed E-state index contributed by atoms with van der Waals surface area (Å²) in [5, 5.41) is 3.17. The van der Waals surface area contributed by atoms with Crippen LogP contribution in [0, 0.1) is 18.6 Å². The smallest absolute Gasteiger partial charge is 0.269 e. The number of fused-ring (bicyclic) bond motifs is 1. The molecule has 1 N–H and O–H groups in total. The topological polar surface area (TPSA) is 38.3 Å². The summed E-state index contributed by atoms with van der Waals surface area (Å²) < 4.78 is 33.0. The molecule has 1 amide bonds. The molecular formula is C17H13F2NO2S. The van der Waals surface area contributed by atoms with E-state index in [4.69, 9.17) is 4.74 Å². The van der Waals surface area contributed by atoms with E-state index in [2.05, 4.69) is 5.32 Å². The molecule has 0 fully saturated rings. The maximum atomic E-state index is 13.6. The number of halogens is 2. The number of methoxy groups -OCH3 is 1. The normalized spacial score (nSPS) is 10.8. The van der Waals surface area contributed by atoms with E-state index in [0.29, 0.717) is 27.3 Å². The fourth-order valence-corrected chi connectivity index (χ4v) is 3.31. The summed E-state index contributed by atoms with van der Waals surface area (Å²) in [4.78, 5) is 12.8. The zero-order valence-electron chi connectivity index (χ0n) is 12.4. The summed E-state index contributed by atoms with van der Waals surface area (Å²) in [6.45, 7) is 1.64.